The maximum atomic E-state index is 5.59. The lowest BCUT2D eigenvalue weighted by molar-refractivity contribution is 0.107. The predicted octanol–water partition coefficient (Wildman–Crippen LogP) is 3.46. The Balaban J connectivity index is 2.03. The highest BCUT2D eigenvalue weighted by Gasteiger charge is 2.35. The summed E-state index contributed by atoms with van der Waals surface area (Å²) in [6, 6.07) is 0.718. The molecule has 0 amide bonds. The number of rotatable bonds is 7. The van der Waals surface area contributed by atoms with Crippen molar-refractivity contribution in [2.45, 2.75) is 59.9 Å². The minimum atomic E-state index is 0.533. The molecule has 0 aromatic carbocycles. The first-order chi connectivity index (χ1) is 7.91. The van der Waals surface area contributed by atoms with Crippen LogP contribution in [0.1, 0.15) is 53.9 Å². The summed E-state index contributed by atoms with van der Waals surface area (Å²) in [6.45, 7) is 14.4. The predicted molar refractivity (Wildman–Crippen MR) is 74.2 cm³/mol. The summed E-state index contributed by atoms with van der Waals surface area (Å²) in [5.74, 6) is 1.47. The zero-order valence-electron chi connectivity index (χ0n) is 12.4. The van der Waals surface area contributed by atoms with Gasteiger partial charge < -0.3 is 10.1 Å². The maximum Gasteiger partial charge on any atom is 0.0489 e. The molecule has 1 N–H and O–H groups in total. The highest BCUT2D eigenvalue weighted by atomic mass is 16.5. The second-order valence-corrected chi connectivity index (χ2v) is 6.93. The lowest BCUT2D eigenvalue weighted by Crippen LogP contribution is -2.32. The highest BCUT2D eigenvalue weighted by molar-refractivity contribution is 4.90. The average Bonchev–Trinajstić information content (AvgIpc) is 2.45. The van der Waals surface area contributed by atoms with Gasteiger partial charge in [0.1, 0.15) is 0 Å². The van der Waals surface area contributed by atoms with Gasteiger partial charge in [0.25, 0.3) is 0 Å². The molecule has 1 aliphatic carbocycles. The summed E-state index contributed by atoms with van der Waals surface area (Å²) >= 11 is 0. The van der Waals surface area contributed by atoms with Gasteiger partial charge in [-0.2, -0.15) is 0 Å². The Hall–Kier alpha value is -0.0800. The van der Waals surface area contributed by atoms with E-state index in [1.54, 1.807) is 0 Å². The summed E-state index contributed by atoms with van der Waals surface area (Å²) in [5.41, 5.74) is 0.533. The van der Waals surface area contributed by atoms with Crippen LogP contribution in [0.25, 0.3) is 0 Å². The third kappa shape index (κ3) is 5.87. The Morgan fingerprint density at radius 3 is 2.53 bits per heavy atom. The molecule has 2 atom stereocenters. The largest absolute Gasteiger partial charge is 0.381 e. The van der Waals surface area contributed by atoms with Crippen LogP contribution >= 0.6 is 0 Å². The van der Waals surface area contributed by atoms with Crippen LogP contribution in [0.2, 0.25) is 0 Å². The van der Waals surface area contributed by atoms with Crippen LogP contribution in [0.4, 0.5) is 0 Å². The average molecular weight is 241 g/mol. The lowest BCUT2D eigenvalue weighted by Gasteiger charge is -2.18. The fraction of sp³-hybridized carbons (Fsp3) is 1.00. The van der Waals surface area contributed by atoms with E-state index >= 15 is 0 Å². The van der Waals surface area contributed by atoms with E-state index in [1.807, 2.05) is 0 Å². The molecule has 2 unspecified atom stereocenters. The van der Waals surface area contributed by atoms with Crippen molar-refractivity contribution in [3.63, 3.8) is 0 Å². The molecule has 0 radical (unpaired) electrons. The van der Waals surface area contributed by atoms with Gasteiger partial charge in [-0.05, 0) is 43.1 Å². The van der Waals surface area contributed by atoms with Gasteiger partial charge in [0.15, 0.2) is 0 Å². The molecule has 1 fully saturated rings. The number of hydrogen-bond acceptors (Lipinski definition) is 2. The quantitative estimate of drug-likeness (QED) is 0.689. The molecule has 0 aromatic heterocycles. The van der Waals surface area contributed by atoms with E-state index < -0.39 is 0 Å². The van der Waals surface area contributed by atoms with Gasteiger partial charge in [0.2, 0.25) is 0 Å². The third-order valence-corrected chi connectivity index (χ3v) is 3.66. The number of nitrogens with one attached hydrogen (secondary N) is 1. The highest BCUT2D eigenvalue weighted by Crippen LogP contribution is 2.40. The van der Waals surface area contributed by atoms with Crippen LogP contribution in [0.15, 0.2) is 0 Å². The van der Waals surface area contributed by atoms with Crippen LogP contribution < -0.4 is 5.32 Å². The molecular weight excluding hydrogens is 210 g/mol. The Kier molecular flexibility index (Phi) is 5.94. The molecule has 0 aliphatic heterocycles. The first kappa shape index (κ1) is 15.0. The summed E-state index contributed by atoms with van der Waals surface area (Å²) in [5, 5.41) is 3.70. The van der Waals surface area contributed by atoms with E-state index in [-0.39, 0.29) is 0 Å². The molecule has 1 rings (SSSR count). The zero-order valence-corrected chi connectivity index (χ0v) is 12.4. The molecule has 0 bridgehead atoms. The van der Waals surface area contributed by atoms with Gasteiger partial charge in [-0.25, -0.2) is 0 Å². The van der Waals surface area contributed by atoms with Crippen molar-refractivity contribution in [3.8, 4) is 0 Å². The Morgan fingerprint density at radius 1 is 1.29 bits per heavy atom. The maximum absolute atomic E-state index is 5.59. The molecule has 2 heteroatoms. The van der Waals surface area contributed by atoms with Crippen molar-refractivity contribution in [3.05, 3.63) is 0 Å². The van der Waals surface area contributed by atoms with Gasteiger partial charge in [0, 0.05) is 19.3 Å². The van der Waals surface area contributed by atoms with Gasteiger partial charge in [0.05, 0.1) is 0 Å². The number of hydrogen-bond donors (Lipinski definition) is 1. The monoisotopic (exact) mass is 241 g/mol. The van der Waals surface area contributed by atoms with Crippen molar-refractivity contribution in [2.75, 3.05) is 19.8 Å². The molecule has 0 aromatic rings. The molecule has 0 heterocycles. The van der Waals surface area contributed by atoms with Gasteiger partial charge in [-0.1, -0.05) is 34.6 Å². The summed E-state index contributed by atoms with van der Waals surface area (Å²) < 4.78 is 5.59. The number of ether oxygens (including phenoxy) is 1. The normalized spacial score (nSPS) is 27.9. The van der Waals surface area contributed by atoms with Crippen LogP contribution in [0.3, 0.4) is 0 Å². The Bertz CT molecular complexity index is 213. The standard InChI is InChI=1S/C15H31NO/c1-12(2)11-17-8-6-7-16-14-10-15(4,5)9-13(14)3/h12-14,16H,6-11H2,1-5H3. The SMILES string of the molecule is CC(C)COCCCNC1CC(C)(C)CC1C. The third-order valence-electron chi connectivity index (χ3n) is 3.66. The van der Waals surface area contributed by atoms with Crippen molar-refractivity contribution >= 4 is 0 Å². The summed E-state index contributed by atoms with van der Waals surface area (Å²) in [6.07, 6.45) is 3.81. The van der Waals surface area contributed by atoms with E-state index in [4.69, 9.17) is 4.74 Å². The van der Waals surface area contributed by atoms with Crippen LogP contribution in [-0.2, 0) is 4.74 Å². The van der Waals surface area contributed by atoms with Crippen LogP contribution in [0, 0.1) is 17.3 Å². The molecule has 0 saturated heterocycles. The fourth-order valence-corrected chi connectivity index (χ4v) is 2.95. The second-order valence-electron chi connectivity index (χ2n) is 6.93. The van der Waals surface area contributed by atoms with Gasteiger partial charge in [-0.3, -0.25) is 0 Å². The van der Waals surface area contributed by atoms with E-state index in [0.29, 0.717) is 11.3 Å². The first-order valence-electron chi connectivity index (χ1n) is 7.22. The molecule has 1 aliphatic rings. The second kappa shape index (κ2) is 6.75. The minimum Gasteiger partial charge on any atom is -0.381 e. The molecule has 102 valence electrons. The fourth-order valence-electron chi connectivity index (χ4n) is 2.95. The molecule has 0 spiro atoms. The van der Waals surface area contributed by atoms with Crippen LogP contribution in [-0.4, -0.2) is 25.8 Å². The smallest absolute Gasteiger partial charge is 0.0489 e. The molecular formula is C15H31NO. The van der Waals surface area contributed by atoms with Crippen LogP contribution in [0.5, 0.6) is 0 Å². The minimum absolute atomic E-state index is 0.533. The van der Waals surface area contributed by atoms with Crippen molar-refractivity contribution in [2.24, 2.45) is 17.3 Å². The lowest BCUT2D eigenvalue weighted by atomic mass is 9.91. The zero-order chi connectivity index (χ0) is 12.9. The topological polar surface area (TPSA) is 21.3 Å². The van der Waals surface area contributed by atoms with Crippen molar-refractivity contribution < 1.29 is 4.74 Å². The Labute approximate surface area is 108 Å². The summed E-state index contributed by atoms with van der Waals surface area (Å²) in [7, 11) is 0. The van der Waals surface area contributed by atoms with Gasteiger partial charge >= 0.3 is 0 Å². The van der Waals surface area contributed by atoms with Crippen molar-refractivity contribution in [1.29, 1.82) is 0 Å². The molecule has 1 saturated carbocycles. The van der Waals surface area contributed by atoms with Crippen molar-refractivity contribution in [1.82, 2.24) is 5.32 Å². The van der Waals surface area contributed by atoms with E-state index in [1.165, 1.54) is 12.8 Å². The van der Waals surface area contributed by atoms with E-state index in [0.717, 1.165) is 38.1 Å². The molecule has 2 nitrogen and oxygen atoms in total. The molecule has 17 heavy (non-hydrogen) atoms. The first-order valence-corrected chi connectivity index (χ1v) is 7.22. The summed E-state index contributed by atoms with van der Waals surface area (Å²) in [4.78, 5) is 0. The van der Waals surface area contributed by atoms with E-state index in [2.05, 4.69) is 39.9 Å². The Morgan fingerprint density at radius 2 is 2.00 bits per heavy atom. The van der Waals surface area contributed by atoms with Gasteiger partial charge in [-0.15, -0.1) is 0 Å². The van der Waals surface area contributed by atoms with E-state index in [9.17, 15) is 0 Å².